The third-order valence-electron chi connectivity index (χ3n) is 2.83. The van der Waals surface area contributed by atoms with Crippen molar-refractivity contribution in [3.05, 3.63) is 29.1 Å². The summed E-state index contributed by atoms with van der Waals surface area (Å²) in [6.07, 6.45) is 4.07. The summed E-state index contributed by atoms with van der Waals surface area (Å²) in [6, 6.07) is 0. The van der Waals surface area contributed by atoms with Gasteiger partial charge in [-0.3, -0.25) is 0 Å². The molecule has 74 valence electrons. The molecule has 0 atom stereocenters. The van der Waals surface area contributed by atoms with E-state index >= 15 is 0 Å². The van der Waals surface area contributed by atoms with Gasteiger partial charge in [-0.15, -0.1) is 12.6 Å². The number of nitrogen functional groups attached to an aromatic ring is 1. The van der Waals surface area contributed by atoms with Gasteiger partial charge < -0.3 is 10.1 Å². The van der Waals surface area contributed by atoms with Crippen LogP contribution in [0, 0.1) is 20.8 Å². The van der Waals surface area contributed by atoms with Crippen LogP contribution in [0.15, 0.2) is 17.3 Å². The predicted octanol–water partition coefficient (Wildman–Crippen LogP) is 2.74. The molecular formula is C11H14N2S. The molecule has 2 aromatic heterocycles. The smallest absolute Gasteiger partial charge is 0.0532 e. The van der Waals surface area contributed by atoms with Crippen LogP contribution in [0.25, 0.3) is 5.52 Å². The highest BCUT2D eigenvalue weighted by atomic mass is 32.1. The summed E-state index contributed by atoms with van der Waals surface area (Å²) in [4.78, 5) is 0.838. The van der Waals surface area contributed by atoms with Gasteiger partial charge in [0, 0.05) is 17.3 Å². The zero-order chi connectivity index (χ0) is 10.5. The van der Waals surface area contributed by atoms with Crippen molar-refractivity contribution in [3.8, 4) is 0 Å². The van der Waals surface area contributed by atoms with Crippen molar-refractivity contribution in [1.82, 2.24) is 4.40 Å². The van der Waals surface area contributed by atoms with E-state index in [2.05, 4.69) is 37.1 Å². The Morgan fingerprint density at radius 2 is 1.79 bits per heavy atom. The zero-order valence-corrected chi connectivity index (χ0v) is 9.52. The lowest BCUT2D eigenvalue weighted by molar-refractivity contribution is 1.12. The van der Waals surface area contributed by atoms with E-state index in [9.17, 15) is 0 Å². The topological polar surface area (TPSA) is 30.4 Å². The first-order valence-electron chi connectivity index (χ1n) is 4.58. The van der Waals surface area contributed by atoms with Gasteiger partial charge in [-0.05, 0) is 37.5 Å². The quantitative estimate of drug-likeness (QED) is 0.638. The maximum absolute atomic E-state index is 5.94. The van der Waals surface area contributed by atoms with Crippen molar-refractivity contribution in [1.29, 1.82) is 0 Å². The van der Waals surface area contributed by atoms with Crippen molar-refractivity contribution in [2.75, 3.05) is 5.73 Å². The first-order chi connectivity index (χ1) is 6.52. The average molecular weight is 206 g/mol. The molecule has 0 fully saturated rings. The molecule has 2 rings (SSSR count). The molecule has 0 bridgehead atoms. The SMILES string of the molecule is Cc1cn2cc(S)c(N)c(C)c2c1C. The van der Waals surface area contributed by atoms with Crippen LogP contribution in [0.3, 0.4) is 0 Å². The van der Waals surface area contributed by atoms with Crippen LogP contribution in [0.1, 0.15) is 16.7 Å². The standard InChI is InChI=1S/C11H14N2S/c1-6-4-13-5-9(14)10(12)8(3)11(13)7(6)2/h4-5,14H,12H2,1-3H3. The van der Waals surface area contributed by atoms with E-state index in [1.807, 2.05) is 13.1 Å². The maximum atomic E-state index is 5.94. The first kappa shape index (κ1) is 9.46. The molecule has 0 aliphatic heterocycles. The van der Waals surface area contributed by atoms with E-state index in [-0.39, 0.29) is 0 Å². The highest BCUT2D eigenvalue weighted by Crippen LogP contribution is 2.28. The van der Waals surface area contributed by atoms with Crippen molar-refractivity contribution < 1.29 is 0 Å². The van der Waals surface area contributed by atoms with Crippen molar-refractivity contribution >= 4 is 23.8 Å². The summed E-state index contributed by atoms with van der Waals surface area (Å²) >= 11 is 4.34. The lowest BCUT2D eigenvalue weighted by Crippen LogP contribution is -1.96. The maximum Gasteiger partial charge on any atom is 0.0532 e. The number of hydrogen-bond acceptors (Lipinski definition) is 2. The van der Waals surface area contributed by atoms with Crippen molar-refractivity contribution in [3.63, 3.8) is 0 Å². The van der Waals surface area contributed by atoms with Gasteiger partial charge >= 0.3 is 0 Å². The Labute approximate surface area is 89.1 Å². The molecule has 0 aliphatic rings. The van der Waals surface area contributed by atoms with Crippen molar-refractivity contribution in [2.45, 2.75) is 25.7 Å². The van der Waals surface area contributed by atoms with Crippen molar-refractivity contribution in [2.24, 2.45) is 0 Å². The normalized spacial score (nSPS) is 11.1. The predicted molar refractivity (Wildman–Crippen MR) is 63.3 cm³/mol. The second kappa shape index (κ2) is 2.95. The molecule has 2 N–H and O–H groups in total. The minimum Gasteiger partial charge on any atom is -0.398 e. The van der Waals surface area contributed by atoms with Gasteiger partial charge in [0.15, 0.2) is 0 Å². The summed E-state index contributed by atoms with van der Waals surface area (Å²) < 4.78 is 2.10. The van der Waals surface area contributed by atoms with Crippen LogP contribution >= 0.6 is 12.6 Å². The minimum absolute atomic E-state index is 0.780. The molecule has 2 nitrogen and oxygen atoms in total. The molecule has 2 heterocycles. The molecule has 2 aromatic rings. The average Bonchev–Trinajstić information content (AvgIpc) is 2.39. The number of thiol groups is 1. The van der Waals surface area contributed by atoms with Crippen LogP contribution in [0.4, 0.5) is 5.69 Å². The number of anilines is 1. The van der Waals surface area contributed by atoms with E-state index in [0.717, 1.165) is 16.1 Å². The van der Waals surface area contributed by atoms with Gasteiger partial charge in [0.05, 0.1) is 11.2 Å². The monoisotopic (exact) mass is 206 g/mol. The third-order valence-corrected chi connectivity index (χ3v) is 3.19. The minimum atomic E-state index is 0.780. The number of hydrogen-bond donors (Lipinski definition) is 2. The zero-order valence-electron chi connectivity index (χ0n) is 8.63. The summed E-state index contributed by atoms with van der Waals surface area (Å²) in [6.45, 7) is 6.27. The molecular weight excluding hydrogens is 192 g/mol. The van der Waals surface area contributed by atoms with Crippen LogP contribution in [-0.4, -0.2) is 4.40 Å². The number of nitrogens with two attached hydrogens (primary N) is 1. The summed E-state index contributed by atoms with van der Waals surface area (Å²) in [5.41, 5.74) is 11.6. The number of pyridine rings is 1. The van der Waals surface area contributed by atoms with Gasteiger partial charge in [0.2, 0.25) is 0 Å². The number of nitrogens with zero attached hydrogens (tertiary/aromatic N) is 1. The van der Waals surface area contributed by atoms with E-state index in [4.69, 9.17) is 5.73 Å². The molecule has 14 heavy (non-hydrogen) atoms. The van der Waals surface area contributed by atoms with Gasteiger partial charge in [-0.1, -0.05) is 0 Å². The first-order valence-corrected chi connectivity index (χ1v) is 5.03. The molecule has 0 unspecified atom stereocenters. The van der Waals surface area contributed by atoms with Crippen LogP contribution in [0.2, 0.25) is 0 Å². The Morgan fingerprint density at radius 1 is 1.14 bits per heavy atom. The summed E-state index contributed by atoms with van der Waals surface area (Å²) in [7, 11) is 0. The Hall–Kier alpha value is -1.09. The van der Waals surface area contributed by atoms with E-state index in [0.29, 0.717) is 0 Å². The third kappa shape index (κ3) is 1.12. The van der Waals surface area contributed by atoms with Gasteiger partial charge in [-0.2, -0.15) is 0 Å². The Morgan fingerprint density at radius 3 is 2.43 bits per heavy atom. The molecule has 0 aliphatic carbocycles. The van der Waals surface area contributed by atoms with Gasteiger partial charge in [0.1, 0.15) is 0 Å². The summed E-state index contributed by atoms with van der Waals surface area (Å²) in [5, 5.41) is 0. The van der Waals surface area contributed by atoms with Gasteiger partial charge in [-0.25, -0.2) is 0 Å². The fourth-order valence-electron chi connectivity index (χ4n) is 1.85. The molecule has 0 spiro atoms. The number of fused-ring (bicyclic) bond motifs is 1. The van der Waals surface area contributed by atoms with E-state index in [1.165, 1.54) is 16.6 Å². The fraction of sp³-hybridized carbons (Fsp3) is 0.273. The highest BCUT2D eigenvalue weighted by molar-refractivity contribution is 7.80. The Bertz CT molecular complexity index is 512. The second-order valence-corrected chi connectivity index (χ2v) is 4.23. The Balaban J connectivity index is 2.99. The van der Waals surface area contributed by atoms with E-state index < -0.39 is 0 Å². The number of aromatic nitrogens is 1. The van der Waals surface area contributed by atoms with Gasteiger partial charge in [0.25, 0.3) is 0 Å². The highest BCUT2D eigenvalue weighted by Gasteiger charge is 2.09. The molecule has 0 amide bonds. The molecule has 0 saturated heterocycles. The molecule has 0 radical (unpaired) electrons. The lowest BCUT2D eigenvalue weighted by Gasteiger charge is -2.07. The van der Waals surface area contributed by atoms with Crippen LogP contribution < -0.4 is 5.73 Å². The summed E-state index contributed by atoms with van der Waals surface area (Å²) in [5.74, 6) is 0. The largest absolute Gasteiger partial charge is 0.398 e. The fourth-order valence-corrected chi connectivity index (χ4v) is 2.14. The number of rotatable bonds is 0. The molecule has 0 saturated carbocycles. The van der Waals surface area contributed by atoms with E-state index in [1.54, 1.807) is 0 Å². The lowest BCUT2D eigenvalue weighted by atomic mass is 10.1. The second-order valence-electron chi connectivity index (χ2n) is 3.75. The Kier molecular flexibility index (Phi) is 2.00. The number of aryl methyl sites for hydroxylation is 3. The molecule has 3 heteroatoms. The van der Waals surface area contributed by atoms with Crippen LogP contribution in [0.5, 0.6) is 0 Å². The molecule has 0 aromatic carbocycles. The van der Waals surface area contributed by atoms with Crippen LogP contribution in [-0.2, 0) is 0 Å².